The van der Waals surface area contributed by atoms with Crippen LogP contribution >= 0.6 is 0 Å². The van der Waals surface area contributed by atoms with Gasteiger partial charge in [0.15, 0.2) is 0 Å². The maximum absolute atomic E-state index is 9.16. The summed E-state index contributed by atoms with van der Waals surface area (Å²) in [5.74, 6) is 0. The molecule has 15 aromatic carbocycles. The molecule has 0 aliphatic rings. The van der Waals surface area contributed by atoms with Crippen molar-refractivity contribution < 1.29 is 26.3 Å². The lowest BCUT2D eigenvalue weighted by Crippen LogP contribution is -1.99. The third kappa shape index (κ3) is 8.43. The summed E-state index contributed by atoms with van der Waals surface area (Å²) >= 11 is 0. The zero-order chi connectivity index (χ0) is 66.9. The van der Waals surface area contributed by atoms with E-state index in [2.05, 4.69) is 36.4 Å². The minimum absolute atomic E-state index is 0.130. The number of benzene rings is 15. The predicted octanol–water partition coefficient (Wildman–Crippen LogP) is 21.5. The molecule has 0 atom stereocenters. The molecule has 80 heavy (non-hydrogen) atoms. The molecule has 0 saturated carbocycles. The van der Waals surface area contributed by atoms with Crippen molar-refractivity contribution in [3.63, 3.8) is 0 Å². The molecule has 1 nitrogen and oxygen atoms in total. The van der Waals surface area contributed by atoms with Crippen LogP contribution < -0.4 is 0 Å². The average Bonchev–Trinajstić information content (AvgIpc) is 0.819. The number of rotatable bonds is 8. The first-order valence-corrected chi connectivity index (χ1v) is 26.6. The summed E-state index contributed by atoms with van der Waals surface area (Å²) in [6.45, 7) is 0. The van der Waals surface area contributed by atoms with Gasteiger partial charge < -0.3 is 4.42 Å². The molecule has 1 aromatic heterocycles. The van der Waals surface area contributed by atoms with E-state index in [1.807, 2.05) is 133 Å². The standard InChI is InChI=1S/C42H30.C37H24O/c1-2-12-33-27-34(25-24-30(33)10-1)31-22-20-29(21-23-31)26-41-37-16-5-7-18-39(37)42(40-19-8-6-17-38(40)41)28-35-14-9-13-32-11-3-4-15-36(32)35;1-2-11-24(12-3-1)36-30-18-8-6-16-28(30)32(29-17-7-9-19-31(29)36)22-27-15-10-20-34-37(27)33-21-25-13-4-5-14-26(25)23-35(33)38-34/h1-25,27H,26,28H2;1-21,23H,22H2/i5D,6D,7D,8D,16D,17D,18D,19D;6D,7D,8D,9D,16D,17D,18D,19D. The normalized spacial score (nSPS) is 14.4. The van der Waals surface area contributed by atoms with Gasteiger partial charge >= 0.3 is 0 Å². The smallest absolute Gasteiger partial charge is 0.136 e. The highest BCUT2D eigenvalue weighted by Crippen LogP contribution is 2.43. The lowest BCUT2D eigenvalue weighted by Gasteiger charge is -2.18. The van der Waals surface area contributed by atoms with Crippen molar-refractivity contribution in [2.24, 2.45) is 0 Å². The quantitative estimate of drug-likeness (QED) is 0.138. The van der Waals surface area contributed by atoms with Crippen LogP contribution in [0.5, 0.6) is 0 Å². The average molecular weight is 1040 g/mol. The van der Waals surface area contributed by atoms with E-state index in [1.165, 1.54) is 0 Å². The monoisotopic (exact) mass is 1030 g/mol. The van der Waals surface area contributed by atoms with Crippen molar-refractivity contribution in [1.82, 2.24) is 0 Å². The summed E-state index contributed by atoms with van der Waals surface area (Å²) < 4.78 is 148. The zero-order valence-corrected chi connectivity index (χ0v) is 43.0. The molecule has 0 radical (unpaired) electrons. The van der Waals surface area contributed by atoms with E-state index in [0.29, 0.717) is 39.0 Å². The minimum atomic E-state index is -0.407. The Labute approximate surface area is 487 Å². The Bertz CT molecular complexity index is 5840. The Hall–Kier alpha value is -10.1. The molecular formula is C79H54O. The first-order valence-electron chi connectivity index (χ1n) is 34.6. The summed E-state index contributed by atoms with van der Waals surface area (Å²) in [6.07, 6.45) is 0.536. The zero-order valence-electron chi connectivity index (χ0n) is 59.0. The fourth-order valence-corrected chi connectivity index (χ4v) is 11.9. The third-order valence-corrected chi connectivity index (χ3v) is 15.6. The van der Waals surface area contributed by atoms with Crippen LogP contribution in [0.15, 0.2) is 295 Å². The first kappa shape index (κ1) is 33.3. The van der Waals surface area contributed by atoms with E-state index in [9.17, 15) is 0 Å². The van der Waals surface area contributed by atoms with Crippen LogP contribution in [0.2, 0.25) is 0 Å². The van der Waals surface area contributed by atoms with Gasteiger partial charge in [0, 0.05) is 10.8 Å². The van der Waals surface area contributed by atoms with Crippen LogP contribution in [0.25, 0.3) is 120 Å². The van der Waals surface area contributed by atoms with Crippen molar-refractivity contribution in [2.45, 2.75) is 19.3 Å². The highest BCUT2D eigenvalue weighted by molar-refractivity contribution is 6.16. The molecule has 1 heteroatoms. The second-order valence-electron chi connectivity index (χ2n) is 20.2. The van der Waals surface area contributed by atoms with Crippen molar-refractivity contribution in [1.29, 1.82) is 0 Å². The predicted molar refractivity (Wildman–Crippen MR) is 341 cm³/mol. The Morgan fingerprint density at radius 2 is 0.738 bits per heavy atom. The largest absolute Gasteiger partial charge is 0.456 e. The van der Waals surface area contributed by atoms with Gasteiger partial charge in [-0.25, -0.2) is 0 Å². The van der Waals surface area contributed by atoms with E-state index in [4.69, 9.17) is 26.3 Å². The van der Waals surface area contributed by atoms with E-state index in [0.717, 1.165) is 70.9 Å². The third-order valence-electron chi connectivity index (χ3n) is 15.6. The van der Waals surface area contributed by atoms with Gasteiger partial charge in [-0.1, -0.05) is 267 Å². The van der Waals surface area contributed by atoms with Crippen molar-refractivity contribution in [2.75, 3.05) is 0 Å². The topological polar surface area (TPSA) is 13.1 Å². The summed E-state index contributed by atoms with van der Waals surface area (Å²) in [5.41, 5.74) is 8.25. The summed E-state index contributed by atoms with van der Waals surface area (Å²) in [6, 6.07) is 58.0. The lowest BCUT2D eigenvalue weighted by atomic mass is 9.86. The molecule has 0 N–H and O–H groups in total. The van der Waals surface area contributed by atoms with E-state index in [1.54, 1.807) is 24.3 Å². The fourth-order valence-electron chi connectivity index (χ4n) is 11.9. The molecule has 0 saturated heterocycles. The van der Waals surface area contributed by atoms with Gasteiger partial charge in [-0.05, 0) is 175 Å². The lowest BCUT2D eigenvalue weighted by molar-refractivity contribution is 0.669. The Balaban J connectivity index is 0.000000158. The van der Waals surface area contributed by atoms with E-state index in [-0.39, 0.29) is 135 Å². The van der Waals surface area contributed by atoms with Gasteiger partial charge in [-0.15, -0.1) is 0 Å². The molecule has 16 aromatic rings. The van der Waals surface area contributed by atoms with Crippen LogP contribution in [0.4, 0.5) is 0 Å². The maximum Gasteiger partial charge on any atom is 0.136 e. The number of hydrogen-bond acceptors (Lipinski definition) is 1. The Kier molecular flexibility index (Phi) is 8.34. The summed E-state index contributed by atoms with van der Waals surface area (Å²) in [5, 5.41) is 10.1. The first-order chi connectivity index (χ1) is 46.3. The van der Waals surface area contributed by atoms with Crippen LogP contribution in [0.3, 0.4) is 0 Å². The maximum atomic E-state index is 9.16. The molecule has 1 heterocycles. The SMILES string of the molecule is [2H]c1c([2H])c([2H])c2c(-c3ccccc3)c3c([2H])c([2H])c([2H])c([2H])c3c(Cc3cccc4oc5cc6ccccc6cc5c34)c2c1[2H].[2H]c1c([2H])c([2H])c2c(Cc3cccc4ccccc34)c3c([2H])c([2H])c([2H])c([2H])c3c(Cc3ccc(-c4ccc5ccccc5c4)cc3)c2c1[2H]. The van der Waals surface area contributed by atoms with Gasteiger partial charge in [0.1, 0.15) is 11.2 Å². The molecule has 0 spiro atoms. The molecule has 0 bridgehead atoms. The van der Waals surface area contributed by atoms with E-state index >= 15 is 0 Å². The number of fused-ring (bicyclic) bond motifs is 10. The van der Waals surface area contributed by atoms with Crippen LogP contribution in [-0.2, 0) is 19.3 Å². The molecule has 0 aliphatic carbocycles. The van der Waals surface area contributed by atoms with Crippen molar-refractivity contribution >= 4 is 97.3 Å². The molecule has 16 rings (SSSR count). The molecule has 0 fully saturated rings. The molecule has 376 valence electrons. The van der Waals surface area contributed by atoms with Crippen LogP contribution in [0.1, 0.15) is 55.3 Å². The van der Waals surface area contributed by atoms with Gasteiger partial charge in [-0.3, -0.25) is 0 Å². The van der Waals surface area contributed by atoms with Gasteiger partial charge in [0.2, 0.25) is 0 Å². The van der Waals surface area contributed by atoms with Gasteiger partial charge in [0.25, 0.3) is 0 Å². The number of hydrogen-bond donors (Lipinski definition) is 0. The van der Waals surface area contributed by atoms with Crippen LogP contribution in [0, 0.1) is 0 Å². The second-order valence-corrected chi connectivity index (χ2v) is 20.2. The molecular weight excluding hydrogens is 965 g/mol. The summed E-state index contributed by atoms with van der Waals surface area (Å²) in [7, 11) is 0. The molecule has 0 amide bonds. The highest BCUT2D eigenvalue weighted by atomic mass is 16.3. The Morgan fingerprint density at radius 3 is 1.38 bits per heavy atom. The second kappa shape index (κ2) is 20.1. The van der Waals surface area contributed by atoms with Gasteiger partial charge in [-0.2, -0.15) is 0 Å². The van der Waals surface area contributed by atoms with Crippen molar-refractivity contribution in [3.8, 4) is 22.3 Å². The Morgan fingerprint density at radius 1 is 0.275 bits per heavy atom. The summed E-state index contributed by atoms with van der Waals surface area (Å²) in [4.78, 5) is 0. The molecule has 0 aliphatic heterocycles. The van der Waals surface area contributed by atoms with E-state index < -0.39 is 24.2 Å². The van der Waals surface area contributed by atoms with Gasteiger partial charge in [0.05, 0.1) is 21.9 Å². The minimum Gasteiger partial charge on any atom is -0.456 e. The number of furan rings is 1. The van der Waals surface area contributed by atoms with Crippen LogP contribution in [-0.4, -0.2) is 0 Å². The highest BCUT2D eigenvalue weighted by Gasteiger charge is 2.20. The fraction of sp³-hybridized carbons (Fsp3) is 0.0380. The van der Waals surface area contributed by atoms with Crippen molar-refractivity contribution in [3.05, 3.63) is 324 Å². The molecule has 0 unspecified atom stereocenters.